The highest BCUT2D eigenvalue weighted by molar-refractivity contribution is 5.94. The minimum atomic E-state index is -0.552. The van der Waals surface area contributed by atoms with E-state index in [4.69, 9.17) is 15.5 Å². The molecule has 158 valence electrons. The van der Waals surface area contributed by atoms with E-state index in [0.717, 1.165) is 31.4 Å². The van der Waals surface area contributed by atoms with Crippen molar-refractivity contribution in [3.8, 4) is 5.75 Å². The lowest BCUT2D eigenvalue weighted by atomic mass is 9.77. The molecule has 0 bridgehead atoms. The Balaban J connectivity index is 1.56. The molecule has 0 saturated carbocycles. The fraction of sp³-hybridized carbons (Fsp3) is 0.455. The number of likely N-dealkylation sites (tertiary alicyclic amines) is 1. The van der Waals surface area contributed by atoms with E-state index >= 15 is 0 Å². The van der Waals surface area contributed by atoms with Gasteiger partial charge < -0.3 is 20.3 Å². The summed E-state index contributed by atoms with van der Waals surface area (Å²) in [5, 5.41) is 0. The number of hydrogen-bond donors (Lipinski definition) is 1. The predicted octanol–water partition coefficient (Wildman–Crippen LogP) is 1.53. The Labute approximate surface area is 176 Å². The van der Waals surface area contributed by atoms with Gasteiger partial charge in [-0.05, 0) is 49.4 Å². The number of carbonyl (C=O) groups excluding carboxylic acids is 2. The van der Waals surface area contributed by atoms with Crippen molar-refractivity contribution >= 4 is 17.8 Å². The number of amides is 2. The van der Waals surface area contributed by atoms with Crippen molar-refractivity contribution in [3.05, 3.63) is 47.3 Å². The number of nitrogens with two attached hydrogens (primary N) is 1. The molecule has 1 unspecified atom stereocenters. The number of aryl methyl sites for hydroxylation is 1. The van der Waals surface area contributed by atoms with Gasteiger partial charge in [-0.25, -0.2) is 9.97 Å². The Hall–Kier alpha value is -3.16. The smallest absolute Gasteiger partial charge is 0.255 e. The maximum Gasteiger partial charge on any atom is 0.255 e. The molecule has 1 spiro atoms. The van der Waals surface area contributed by atoms with Gasteiger partial charge in [0.25, 0.3) is 11.8 Å². The van der Waals surface area contributed by atoms with Crippen LogP contribution in [0, 0.1) is 0 Å². The monoisotopic (exact) mass is 409 g/mol. The molecule has 8 heteroatoms. The Morgan fingerprint density at radius 2 is 2.13 bits per heavy atom. The highest BCUT2D eigenvalue weighted by atomic mass is 16.5. The summed E-state index contributed by atoms with van der Waals surface area (Å²) in [4.78, 5) is 37.4. The van der Waals surface area contributed by atoms with E-state index in [0.29, 0.717) is 30.4 Å². The Morgan fingerprint density at radius 1 is 1.30 bits per heavy atom. The second kappa shape index (κ2) is 7.93. The molecule has 8 nitrogen and oxygen atoms in total. The predicted molar refractivity (Wildman–Crippen MR) is 113 cm³/mol. The maximum absolute atomic E-state index is 13.3. The number of hydrogen-bond acceptors (Lipinski definition) is 6. The number of ether oxygens (including phenoxy) is 1. The molecular formula is C22H27N5O3. The van der Waals surface area contributed by atoms with Crippen LogP contribution in [0.25, 0.3) is 0 Å². The number of fused-ring (bicyclic) bond motifs is 2. The third kappa shape index (κ3) is 3.81. The molecule has 1 aromatic heterocycles. The number of rotatable bonds is 5. The Bertz CT molecular complexity index is 973. The molecule has 1 atom stereocenters. The summed E-state index contributed by atoms with van der Waals surface area (Å²) in [6.07, 6.45) is 5.83. The van der Waals surface area contributed by atoms with Gasteiger partial charge in [0.05, 0.1) is 5.69 Å². The number of primary amides is 1. The van der Waals surface area contributed by atoms with E-state index < -0.39 is 5.91 Å². The largest absolute Gasteiger partial charge is 0.484 e. The molecule has 4 rings (SSSR count). The molecule has 2 amide bonds. The number of aromatic nitrogens is 2. The van der Waals surface area contributed by atoms with Crippen molar-refractivity contribution in [2.75, 3.05) is 38.7 Å². The number of carbonyl (C=O) groups is 2. The molecule has 1 aromatic carbocycles. The van der Waals surface area contributed by atoms with Crippen LogP contribution < -0.4 is 15.4 Å². The molecule has 2 aliphatic rings. The van der Waals surface area contributed by atoms with E-state index in [-0.39, 0.29) is 17.9 Å². The standard InChI is InChI=1S/C22H27N5O3/c1-26(2)21-24-12-16-7-9-22(19(16)25-21)8-4-10-27(14-22)20(29)15-5-3-6-17(11-15)30-13-18(23)28/h3,5-6,11-12H,4,7-10,13-14H2,1-2H3,(H2,23,28). The van der Waals surface area contributed by atoms with Gasteiger partial charge in [0.2, 0.25) is 5.95 Å². The van der Waals surface area contributed by atoms with Gasteiger partial charge in [-0.1, -0.05) is 6.07 Å². The first kappa shape index (κ1) is 20.1. The summed E-state index contributed by atoms with van der Waals surface area (Å²) in [7, 11) is 3.88. The van der Waals surface area contributed by atoms with Gasteiger partial charge >= 0.3 is 0 Å². The average Bonchev–Trinajstić information content (AvgIpc) is 3.09. The zero-order valence-electron chi connectivity index (χ0n) is 17.4. The van der Waals surface area contributed by atoms with Gasteiger partial charge in [0.1, 0.15) is 5.75 Å². The molecule has 30 heavy (non-hydrogen) atoms. The summed E-state index contributed by atoms with van der Waals surface area (Å²) in [6, 6.07) is 6.91. The van der Waals surface area contributed by atoms with Gasteiger partial charge in [0.15, 0.2) is 6.61 Å². The average molecular weight is 409 g/mol. The van der Waals surface area contributed by atoms with Crippen LogP contribution in [-0.2, 0) is 16.6 Å². The van der Waals surface area contributed by atoms with Crippen molar-refractivity contribution < 1.29 is 14.3 Å². The number of benzene rings is 1. The summed E-state index contributed by atoms with van der Waals surface area (Å²) < 4.78 is 5.35. The van der Waals surface area contributed by atoms with Gasteiger partial charge in [-0.15, -0.1) is 0 Å². The molecule has 1 aliphatic carbocycles. The van der Waals surface area contributed by atoms with Crippen LogP contribution in [0.15, 0.2) is 30.5 Å². The van der Waals surface area contributed by atoms with Gasteiger partial charge in [0, 0.05) is 44.4 Å². The van der Waals surface area contributed by atoms with Crippen LogP contribution in [0.2, 0.25) is 0 Å². The Kier molecular flexibility index (Phi) is 5.32. The molecule has 2 heterocycles. The first-order valence-corrected chi connectivity index (χ1v) is 10.2. The third-order valence-corrected chi connectivity index (χ3v) is 5.95. The van der Waals surface area contributed by atoms with Gasteiger partial charge in [-0.2, -0.15) is 0 Å². The molecule has 1 fully saturated rings. The number of piperidine rings is 1. The van der Waals surface area contributed by atoms with Crippen molar-refractivity contribution in [1.82, 2.24) is 14.9 Å². The minimum absolute atomic E-state index is 0.0334. The van der Waals surface area contributed by atoms with Crippen molar-refractivity contribution in [3.63, 3.8) is 0 Å². The fourth-order valence-electron chi connectivity index (χ4n) is 4.51. The quantitative estimate of drug-likeness (QED) is 0.804. The van der Waals surface area contributed by atoms with E-state index in [1.54, 1.807) is 24.3 Å². The Morgan fingerprint density at radius 3 is 2.90 bits per heavy atom. The first-order valence-electron chi connectivity index (χ1n) is 10.2. The van der Waals surface area contributed by atoms with Crippen molar-refractivity contribution in [2.45, 2.75) is 31.1 Å². The maximum atomic E-state index is 13.3. The fourth-order valence-corrected chi connectivity index (χ4v) is 4.51. The lowest BCUT2D eigenvalue weighted by molar-refractivity contribution is -0.119. The zero-order valence-corrected chi connectivity index (χ0v) is 17.4. The van der Waals surface area contributed by atoms with E-state index in [1.165, 1.54) is 5.56 Å². The van der Waals surface area contributed by atoms with Crippen LogP contribution in [0.3, 0.4) is 0 Å². The molecular weight excluding hydrogens is 382 g/mol. The normalized spacial score (nSPS) is 20.1. The van der Waals surface area contributed by atoms with Crippen LogP contribution in [0.1, 0.15) is 40.9 Å². The van der Waals surface area contributed by atoms with Crippen LogP contribution in [0.5, 0.6) is 5.75 Å². The topological polar surface area (TPSA) is 102 Å². The number of nitrogens with zero attached hydrogens (tertiary/aromatic N) is 4. The van der Waals surface area contributed by atoms with E-state index in [9.17, 15) is 9.59 Å². The second-order valence-electron chi connectivity index (χ2n) is 8.33. The van der Waals surface area contributed by atoms with Crippen molar-refractivity contribution in [2.24, 2.45) is 5.73 Å². The summed E-state index contributed by atoms with van der Waals surface area (Å²) in [5.74, 6) is 0.580. The van der Waals surface area contributed by atoms with E-state index in [1.807, 2.05) is 30.1 Å². The summed E-state index contributed by atoms with van der Waals surface area (Å²) in [5.41, 5.74) is 7.85. The molecule has 0 radical (unpaired) electrons. The zero-order chi connectivity index (χ0) is 21.3. The number of anilines is 1. The highest BCUT2D eigenvalue weighted by Crippen LogP contribution is 2.44. The first-order chi connectivity index (χ1) is 14.4. The third-order valence-electron chi connectivity index (χ3n) is 5.95. The summed E-state index contributed by atoms with van der Waals surface area (Å²) >= 11 is 0. The minimum Gasteiger partial charge on any atom is -0.484 e. The molecule has 2 aromatic rings. The highest BCUT2D eigenvalue weighted by Gasteiger charge is 2.45. The second-order valence-corrected chi connectivity index (χ2v) is 8.33. The molecule has 1 saturated heterocycles. The van der Waals surface area contributed by atoms with Crippen LogP contribution in [-0.4, -0.2) is 60.5 Å². The van der Waals surface area contributed by atoms with Gasteiger partial charge in [-0.3, -0.25) is 9.59 Å². The van der Waals surface area contributed by atoms with Crippen molar-refractivity contribution in [1.29, 1.82) is 0 Å². The van der Waals surface area contributed by atoms with E-state index in [2.05, 4.69) is 4.98 Å². The summed E-state index contributed by atoms with van der Waals surface area (Å²) in [6.45, 7) is 1.15. The molecule has 2 N–H and O–H groups in total. The SMILES string of the molecule is CN(C)c1ncc2c(n1)C1(CCCN(C(=O)c3cccc(OCC(N)=O)c3)C1)CC2. The molecule has 1 aliphatic heterocycles. The van der Waals surface area contributed by atoms with Crippen LogP contribution >= 0.6 is 0 Å². The van der Waals surface area contributed by atoms with Crippen LogP contribution in [0.4, 0.5) is 5.95 Å². The lowest BCUT2D eigenvalue weighted by Gasteiger charge is -2.40. The lowest BCUT2D eigenvalue weighted by Crippen LogP contribution is -2.48.